The van der Waals surface area contributed by atoms with Gasteiger partial charge < -0.3 is 14.4 Å². The highest BCUT2D eigenvalue weighted by atomic mass is 32.2. The van der Waals surface area contributed by atoms with Gasteiger partial charge in [-0.2, -0.15) is 0 Å². The molecule has 0 saturated carbocycles. The maximum Gasteiger partial charge on any atom is 0.331 e. The van der Waals surface area contributed by atoms with Gasteiger partial charge in [-0.3, -0.25) is 14.5 Å². The largest absolute Gasteiger partial charge is 0.494 e. The molecule has 0 fully saturated rings. The Morgan fingerprint density at radius 3 is 2.62 bits per heavy atom. The van der Waals surface area contributed by atoms with Gasteiger partial charge in [0.1, 0.15) is 11.9 Å². The summed E-state index contributed by atoms with van der Waals surface area (Å²) in [5.41, 5.74) is 0.895. The first-order valence-corrected chi connectivity index (χ1v) is 11.0. The summed E-state index contributed by atoms with van der Waals surface area (Å²) in [6.45, 7) is 0.998. The number of benzene rings is 2. The van der Waals surface area contributed by atoms with Crippen LogP contribution in [0.1, 0.15) is 18.1 Å². The Bertz CT molecular complexity index is 1180. The predicted octanol–water partition coefficient (Wildman–Crippen LogP) is 1.46. The molecule has 3 rings (SSSR count). The number of amidine groups is 1. The second-order valence-corrected chi connectivity index (χ2v) is 8.73. The van der Waals surface area contributed by atoms with E-state index in [0.717, 1.165) is 0 Å². The van der Waals surface area contributed by atoms with E-state index in [-0.39, 0.29) is 23.0 Å². The fourth-order valence-electron chi connectivity index (χ4n) is 3.01. The maximum absolute atomic E-state index is 13.8. The molecule has 1 amide bonds. The van der Waals surface area contributed by atoms with Gasteiger partial charge in [0.25, 0.3) is 15.9 Å². The van der Waals surface area contributed by atoms with E-state index in [1.807, 2.05) is 0 Å². The summed E-state index contributed by atoms with van der Waals surface area (Å²) >= 11 is 0. The zero-order valence-corrected chi connectivity index (χ0v) is 18.5. The van der Waals surface area contributed by atoms with Crippen molar-refractivity contribution in [1.29, 1.82) is 0 Å². The zero-order chi connectivity index (χ0) is 23.5. The van der Waals surface area contributed by atoms with Crippen LogP contribution < -0.4 is 9.46 Å². The van der Waals surface area contributed by atoms with Crippen LogP contribution in [0.4, 0.5) is 4.39 Å². The van der Waals surface area contributed by atoms with Crippen LogP contribution in [-0.2, 0) is 30.9 Å². The van der Waals surface area contributed by atoms with Gasteiger partial charge in [-0.05, 0) is 36.8 Å². The van der Waals surface area contributed by atoms with Gasteiger partial charge >= 0.3 is 5.97 Å². The van der Waals surface area contributed by atoms with E-state index >= 15 is 0 Å². The number of carbonyl (C=O) groups excluding carboxylic acids is 2. The number of nitrogens with one attached hydrogen (secondary N) is 1. The van der Waals surface area contributed by atoms with Crippen molar-refractivity contribution in [1.82, 2.24) is 9.62 Å². The summed E-state index contributed by atoms with van der Waals surface area (Å²) in [6, 6.07) is 9.54. The van der Waals surface area contributed by atoms with Crippen molar-refractivity contribution in [3.8, 4) is 5.75 Å². The minimum atomic E-state index is -3.73. The Balaban J connectivity index is 1.57. The number of fused-ring (bicyclic) bond motifs is 1. The van der Waals surface area contributed by atoms with Gasteiger partial charge in [-0.15, -0.1) is 0 Å². The quantitative estimate of drug-likeness (QED) is 0.622. The standard InChI is InChI=1S/C21H22FN3O6S/c1-13(23-20-15-6-4-5-7-18(15)32(28,29)24-20)21(27)31-12-19(26)25(2)11-14-8-9-17(30-3)16(22)10-14/h4-10,13H,11-12H2,1-3H3,(H,23,24). The monoisotopic (exact) mass is 463 g/mol. The number of nitrogens with zero attached hydrogens (tertiary/aromatic N) is 2. The second kappa shape index (κ2) is 9.35. The van der Waals surface area contributed by atoms with E-state index in [4.69, 9.17) is 9.47 Å². The Kier molecular flexibility index (Phi) is 6.78. The molecule has 1 atom stereocenters. The van der Waals surface area contributed by atoms with E-state index in [1.54, 1.807) is 24.3 Å². The minimum Gasteiger partial charge on any atom is -0.494 e. The van der Waals surface area contributed by atoms with Crippen LogP contribution in [0.3, 0.4) is 0 Å². The van der Waals surface area contributed by atoms with Gasteiger partial charge in [-0.25, -0.2) is 17.6 Å². The number of ether oxygens (including phenoxy) is 2. The molecule has 0 aliphatic carbocycles. The second-order valence-electron chi connectivity index (χ2n) is 7.08. The summed E-state index contributed by atoms with van der Waals surface area (Å²) in [5, 5.41) is 0. The van der Waals surface area contributed by atoms with Crippen molar-refractivity contribution in [2.75, 3.05) is 20.8 Å². The molecule has 2 aromatic rings. The van der Waals surface area contributed by atoms with Crippen LogP contribution in [0.2, 0.25) is 0 Å². The normalized spacial score (nSPS) is 16.1. The van der Waals surface area contributed by atoms with Crippen molar-refractivity contribution in [2.24, 2.45) is 4.99 Å². The van der Waals surface area contributed by atoms with E-state index in [0.29, 0.717) is 11.1 Å². The fourth-order valence-corrected chi connectivity index (χ4v) is 4.25. The van der Waals surface area contributed by atoms with Crippen molar-refractivity contribution < 1.29 is 31.9 Å². The molecule has 2 aromatic carbocycles. The Hall–Kier alpha value is -3.47. The lowest BCUT2D eigenvalue weighted by molar-refractivity contribution is -0.152. The van der Waals surface area contributed by atoms with Gasteiger partial charge in [0, 0.05) is 19.2 Å². The molecule has 1 N–H and O–H groups in total. The van der Waals surface area contributed by atoms with Crippen molar-refractivity contribution >= 4 is 27.7 Å². The zero-order valence-electron chi connectivity index (χ0n) is 17.7. The van der Waals surface area contributed by atoms with Crippen LogP contribution in [0.5, 0.6) is 5.75 Å². The number of esters is 1. The summed E-state index contributed by atoms with van der Waals surface area (Å²) in [4.78, 5) is 30.0. The number of aliphatic imine (C=N–C) groups is 1. The van der Waals surface area contributed by atoms with Crippen LogP contribution in [0, 0.1) is 5.82 Å². The molecule has 0 saturated heterocycles. The molecule has 11 heteroatoms. The molecule has 0 aromatic heterocycles. The molecule has 32 heavy (non-hydrogen) atoms. The van der Waals surface area contributed by atoms with E-state index in [1.165, 1.54) is 44.2 Å². The molecule has 1 heterocycles. The first kappa shape index (κ1) is 23.2. The summed E-state index contributed by atoms with van der Waals surface area (Å²) in [6.07, 6.45) is 0. The predicted molar refractivity (Wildman–Crippen MR) is 113 cm³/mol. The molecular weight excluding hydrogens is 441 g/mol. The van der Waals surface area contributed by atoms with Crippen molar-refractivity contribution in [2.45, 2.75) is 24.4 Å². The SMILES string of the molecule is COc1ccc(CN(C)C(=O)COC(=O)C(C)N=C2NS(=O)(=O)c3ccccc32)cc1F. The van der Waals surface area contributed by atoms with Gasteiger partial charge in [0.15, 0.2) is 18.2 Å². The number of rotatable bonds is 7. The number of methoxy groups -OCH3 is 1. The van der Waals surface area contributed by atoms with E-state index in [9.17, 15) is 22.4 Å². The van der Waals surface area contributed by atoms with Gasteiger partial charge in [-0.1, -0.05) is 18.2 Å². The molecular formula is C21H22FN3O6S. The molecule has 0 spiro atoms. The molecule has 9 nitrogen and oxygen atoms in total. The third-order valence-electron chi connectivity index (χ3n) is 4.73. The molecule has 170 valence electrons. The summed E-state index contributed by atoms with van der Waals surface area (Å²) < 4.78 is 50.2. The number of likely N-dealkylation sites (N-methyl/N-ethyl adjacent to an activating group) is 1. The summed E-state index contributed by atoms with van der Waals surface area (Å²) in [5.74, 6) is -1.71. The average Bonchev–Trinajstić information content (AvgIpc) is 3.01. The minimum absolute atomic E-state index is 0.0371. The first-order chi connectivity index (χ1) is 15.1. The number of carbonyl (C=O) groups is 2. The smallest absolute Gasteiger partial charge is 0.331 e. The lowest BCUT2D eigenvalue weighted by Crippen LogP contribution is -2.33. The van der Waals surface area contributed by atoms with E-state index < -0.39 is 40.4 Å². The lowest BCUT2D eigenvalue weighted by Gasteiger charge is -2.18. The number of halogens is 1. The fraction of sp³-hybridized carbons (Fsp3) is 0.286. The number of hydrogen-bond acceptors (Lipinski definition) is 7. The Morgan fingerprint density at radius 2 is 1.94 bits per heavy atom. The number of sulfonamides is 1. The lowest BCUT2D eigenvalue weighted by atomic mass is 10.2. The average molecular weight is 463 g/mol. The third kappa shape index (κ3) is 5.05. The molecule has 1 aliphatic rings. The highest BCUT2D eigenvalue weighted by Crippen LogP contribution is 2.22. The highest BCUT2D eigenvalue weighted by molar-refractivity contribution is 7.90. The van der Waals surface area contributed by atoms with Crippen LogP contribution in [0.15, 0.2) is 52.4 Å². The van der Waals surface area contributed by atoms with Crippen LogP contribution in [0.25, 0.3) is 0 Å². The Morgan fingerprint density at radius 1 is 1.22 bits per heavy atom. The maximum atomic E-state index is 13.8. The molecule has 1 unspecified atom stereocenters. The van der Waals surface area contributed by atoms with Crippen LogP contribution >= 0.6 is 0 Å². The van der Waals surface area contributed by atoms with Crippen molar-refractivity contribution in [3.63, 3.8) is 0 Å². The third-order valence-corrected chi connectivity index (χ3v) is 6.12. The van der Waals surface area contributed by atoms with Crippen LogP contribution in [-0.4, -0.2) is 57.8 Å². The molecule has 0 bridgehead atoms. The molecule has 1 aliphatic heterocycles. The first-order valence-electron chi connectivity index (χ1n) is 9.55. The number of hydrogen-bond donors (Lipinski definition) is 1. The van der Waals surface area contributed by atoms with E-state index in [2.05, 4.69) is 9.71 Å². The highest BCUT2D eigenvalue weighted by Gasteiger charge is 2.31. The van der Waals surface area contributed by atoms with Gasteiger partial charge in [0.05, 0.1) is 12.0 Å². The summed E-state index contributed by atoms with van der Waals surface area (Å²) in [7, 11) is -0.881. The topological polar surface area (TPSA) is 114 Å². The van der Waals surface area contributed by atoms with Crippen molar-refractivity contribution in [3.05, 3.63) is 59.4 Å². The number of amides is 1. The molecule has 0 radical (unpaired) electrons. The Labute approximate surface area is 184 Å². The van der Waals surface area contributed by atoms with Gasteiger partial charge in [0.2, 0.25) is 0 Å².